The molecule has 0 aromatic carbocycles. The Morgan fingerprint density at radius 2 is 2.50 bits per heavy atom. The molecule has 3 heteroatoms. The maximum absolute atomic E-state index is 5.51. The summed E-state index contributed by atoms with van der Waals surface area (Å²) in [6.07, 6.45) is 2.06. The average Bonchev–Trinajstić information content (AvgIpc) is 2.37. The van der Waals surface area contributed by atoms with Crippen molar-refractivity contribution in [1.82, 2.24) is 5.16 Å². The van der Waals surface area contributed by atoms with Crippen LogP contribution in [0.25, 0.3) is 0 Å². The summed E-state index contributed by atoms with van der Waals surface area (Å²) in [4.78, 5) is 0. The standard InChI is InChI=1S/C7H10ClNO/c1-2-3-6-4-7(5-8)10-9-6/h4H,2-3,5H2,1H3. The van der Waals surface area contributed by atoms with E-state index < -0.39 is 0 Å². The van der Waals surface area contributed by atoms with Crippen molar-refractivity contribution in [3.63, 3.8) is 0 Å². The second-order valence-electron chi connectivity index (χ2n) is 2.17. The van der Waals surface area contributed by atoms with Crippen molar-refractivity contribution in [2.24, 2.45) is 0 Å². The summed E-state index contributed by atoms with van der Waals surface area (Å²) in [5.74, 6) is 1.17. The van der Waals surface area contributed by atoms with Gasteiger partial charge in [-0.05, 0) is 6.42 Å². The van der Waals surface area contributed by atoms with Gasteiger partial charge in [0.25, 0.3) is 0 Å². The first kappa shape index (κ1) is 7.61. The molecule has 0 saturated heterocycles. The Bertz CT molecular complexity index is 197. The molecule has 0 bridgehead atoms. The quantitative estimate of drug-likeness (QED) is 0.633. The van der Waals surface area contributed by atoms with Crippen LogP contribution in [-0.4, -0.2) is 5.16 Å². The molecule has 0 fully saturated rings. The van der Waals surface area contributed by atoms with E-state index in [1.165, 1.54) is 0 Å². The summed E-state index contributed by atoms with van der Waals surface area (Å²) in [5.41, 5.74) is 0.998. The van der Waals surface area contributed by atoms with E-state index in [9.17, 15) is 0 Å². The van der Waals surface area contributed by atoms with Crippen molar-refractivity contribution >= 4 is 11.6 Å². The number of hydrogen-bond acceptors (Lipinski definition) is 2. The van der Waals surface area contributed by atoms with E-state index in [4.69, 9.17) is 16.1 Å². The number of alkyl halides is 1. The van der Waals surface area contributed by atoms with Gasteiger partial charge in [-0.25, -0.2) is 0 Å². The van der Waals surface area contributed by atoms with Crippen LogP contribution in [-0.2, 0) is 12.3 Å². The van der Waals surface area contributed by atoms with Gasteiger partial charge in [0.2, 0.25) is 0 Å². The van der Waals surface area contributed by atoms with Gasteiger partial charge in [-0.2, -0.15) is 0 Å². The molecule has 0 atom stereocenters. The van der Waals surface area contributed by atoms with E-state index in [0.717, 1.165) is 24.3 Å². The SMILES string of the molecule is CCCc1cc(CCl)on1. The molecular weight excluding hydrogens is 150 g/mol. The Hall–Kier alpha value is -0.500. The Balaban J connectivity index is 2.59. The van der Waals surface area contributed by atoms with Gasteiger partial charge < -0.3 is 4.52 Å². The van der Waals surface area contributed by atoms with Crippen LogP contribution < -0.4 is 0 Å². The molecule has 0 aliphatic heterocycles. The van der Waals surface area contributed by atoms with Gasteiger partial charge in [0.15, 0.2) is 5.76 Å². The molecule has 1 rings (SSSR count). The molecule has 0 aliphatic rings. The molecule has 56 valence electrons. The fourth-order valence-corrected chi connectivity index (χ4v) is 0.919. The van der Waals surface area contributed by atoms with Gasteiger partial charge in [0.05, 0.1) is 11.6 Å². The molecule has 1 heterocycles. The van der Waals surface area contributed by atoms with Gasteiger partial charge in [0.1, 0.15) is 0 Å². The van der Waals surface area contributed by atoms with Crippen molar-refractivity contribution in [2.75, 3.05) is 0 Å². The van der Waals surface area contributed by atoms with Crippen molar-refractivity contribution in [3.05, 3.63) is 17.5 Å². The van der Waals surface area contributed by atoms with Crippen LogP contribution in [0.15, 0.2) is 10.6 Å². The third-order valence-electron chi connectivity index (χ3n) is 1.25. The van der Waals surface area contributed by atoms with E-state index in [1.807, 2.05) is 6.07 Å². The zero-order chi connectivity index (χ0) is 7.40. The lowest BCUT2D eigenvalue weighted by molar-refractivity contribution is 0.387. The maximum Gasteiger partial charge on any atom is 0.151 e. The number of halogens is 1. The molecule has 0 aliphatic carbocycles. The van der Waals surface area contributed by atoms with Crippen LogP contribution in [0.5, 0.6) is 0 Å². The van der Waals surface area contributed by atoms with Gasteiger partial charge in [-0.15, -0.1) is 11.6 Å². The number of aryl methyl sites for hydroxylation is 1. The Kier molecular flexibility index (Phi) is 2.75. The molecule has 0 unspecified atom stereocenters. The molecule has 0 saturated carbocycles. The predicted octanol–water partition coefficient (Wildman–Crippen LogP) is 2.37. The van der Waals surface area contributed by atoms with Crippen LogP contribution in [0, 0.1) is 0 Å². The lowest BCUT2D eigenvalue weighted by atomic mass is 10.2. The molecular formula is C7H10ClNO. The largest absolute Gasteiger partial charge is 0.360 e. The number of hydrogen-bond donors (Lipinski definition) is 0. The molecule has 0 spiro atoms. The molecule has 0 amide bonds. The monoisotopic (exact) mass is 159 g/mol. The highest BCUT2D eigenvalue weighted by atomic mass is 35.5. The highest BCUT2D eigenvalue weighted by molar-refractivity contribution is 6.16. The number of aromatic nitrogens is 1. The summed E-state index contributed by atoms with van der Waals surface area (Å²) in [7, 11) is 0. The van der Waals surface area contributed by atoms with Crippen LogP contribution >= 0.6 is 11.6 Å². The van der Waals surface area contributed by atoms with Gasteiger partial charge in [0, 0.05) is 6.07 Å². The van der Waals surface area contributed by atoms with Gasteiger partial charge >= 0.3 is 0 Å². The van der Waals surface area contributed by atoms with Crippen molar-refractivity contribution in [2.45, 2.75) is 25.6 Å². The second-order valence-corrected chi connectivity index (χ2v) is 2.44. The average molecular weight is 160 g/mol. The number of nitrogens with zero attached hydrogens (tertiary/aromatic N) is 1. The highest BCUT2D eigenvalue weighted by Crippen LogP contribution is 2.07. The Morgan fingerprint density at radius 3 is 3.00 bits per heavy atom. The minimum Gasteiger partial charge on any atom is -0.360 e. The van der Waals surface area contributed by atoms with Crippen LogP contribution in [0.3, 0.4) is 0 Å². The topological polar surface area (TPSA) is 26.0 Å². The Labute approximate surface area is 65.2 Å². The third-order valence-corrected chi connectivity index (χ3v) is 1.51. The van der Waals surface area contributed by atoms with E-state index in [2.05, 4.69) is 12.1 Å². The van der Waals surface area contributed by atoms with E-state index >= 15 is 0 Å². The van der Waals surface area contributed by atoms with E-state index in [0.29, 0.717) is 5.88 Å². The summed E-state index contributed by atoms with van der Waals surface area (Å²) < 4.78 is 4.88. The van der Waals surface area contributed by atoms with Crippen LogP contribution in [0.4, 0.5) is 0 Å². The smallest absolute Gasteiger partial charge is 0.151 e. The molecule has 2 nitrogen and oxygen atoms in total. The second kappa shape index (κ2) is 3.62. The minimum absolute atomic E-state index is 0.413. The fourth-order valence-electron chi connectivity index (χ4n) is 0.793. The number of rotatable bonds is 3. The Morgan fingerprint density at radius 1 is 1.70 bits per heavy atom. The normalized spacial score (nSPS) is 10.2. The van der Waals surface area contributed by atoms with Crippen molar-refractivity contribution in [3.8, 4) is 0 Å². The van der Waals surface area contributed by atoms with Crippen LogP contribution in [0.2, 0.25) is 0 Å². The first-order chi connectivity index (χ1) is 4.86. The summed E-state index contributed by atoms with van der Waals surface area (Å²) in [5, 5.41) is 3.82. The summed E-state index contributed by atoms with van der Waals surface area (Å²) >= 11 is 5.51. The van der Waals surface area contributed by atoms with E-state index in [1.54, 1.807) is 0 Å². The maximum atomic E-state index is 5.51. The minimum atomic E-state index is 0.413. The lowest BCUT2D eigenvalue weighted by Gasteiger charge is -1.83. The predicted molar refractivity (Wildman–Crippen MR) is 40.1 cm³/mol. The highest BCUT2D eigenvalue weighted by Gasteiger charge is 1.99. The van der Waals surface area contributed by atoms with Gasteiger partial charge in [-0.3, -0.25) is 0 Å². The molecule has 0 radical (unpaired) electrons. The summed E-state index contributed by atoms with van der Waals surface area (Å²) in [6.45, 7) is 2.11. The zero-order valence-corrected chi connectivity index (χ0v) is 6.69. The van der Waals surface area contributed by atoms with Crippen LogP contribution in [0.1, 0.15) is 24.8 Å². The van der Waals surface area contributed by atoms with E-state index in [-0.39, 0.29) is 0 Å². The van der Waals surface area contributed by atoms with Crippen molar-refractivity contribution < 1.29 is 4.52 Å². The molecule has 1 aromatic rings. The van der Waals surface area contributed by atoms with Crippen molar-refractivity contribution in [1.29, 1.82) is 0 Å². The molecule has 1 aromatic heterocycles. The molecule has 0 N–H and O–H groups in total. The lowest BCUT2D eigenvalue weighted by Crippen LogP contribution is -1.79. The first-order valence-corrected chi connectivity index (χ1v) is 3.90. The third kappa shape index (κ3) is 1.74. The van der Waals surface area contributed by atoms with Gasteiger partial charge in [-0.1, -0.05) is 18.5 Å². The zero-order valence-electron chi connectivity index (χ0n) is 5.93. The molecule has 10 heavy (non-hydrogen) atoms. The first-order valence-electron chi connectivity index (χ1n) is 3.37. The fraction of sp³-hybridized carbons (Fsp3) is 0.571. The summed E-state index contributed by atoms with van der Waals surface area (Å²) in [6, 6.07) is 1.90.